The molecule has 1 aromatic heterocycles. The molecule has 0 bridgehead atoms. The summed E-state index contributed by atoms with van der Waals surface area (Å²) in [6.45, 7) is 7.05. The van der Waals surface area contributed by atoms with Crippen LogP contribution in [0.3, 0.4) is 0 Å². The van der Waals surface area contributed by atoms with Crippen molar-refractivity contribution < 1.29 is 9.53 Å². The molecule has 0 N–H and O–H groups in total. The van der Waals surface area contributed by atoms with Gasteiger partial charge < -0.3 is 9.64 Å². The summed E-state index contributed by atoms with van der Waals surface area (Å²) in [5, 5.41) is 4.40. The molecule has 4 rings (SSSR count). The number of nitrogens with zero attached hydrogens (tertiary/aromatic N) is 4. The van der Waals surface area contributed by atoms with Crippen molar-refractivity contribution in [3.63, 3.8) is 0 Å². The van der Waals surface area contributed by atoms with Crippen molar-refractivity contribution in [1.29, 1.82) is 0 Å². The summed E-state index contributed by atoms with van der Waals surface area (Å²) in [6, 6.07) is 8.33. The fourth-order valence-corrected chi connectivity index (χ4v) is 5.06. The predicted molar refractivity (Wildman–Crippen MR) is 122 cm³/mol. The first-order valence-electron chi connectivity index (χ1n) is 11.8. The smallest absolute Gasteiger partial charge is 0.228 e. The van der Waals surface area contributed by atoms with Crippen LogP contribution >= 0.6 is 0 Å². The van der Waals surface area contributed by atoms with E-state index in [0.29, 0.717) is 19.1 Å². The SMILES string of the molecule is CCn1cc(CN2CCC3(CCCCc4ccccc4OCCN(C)C3=O)CC2)cn1. The van der Waals surface area contributed by atoms with E-state index < -0.39 is 0 Å². The molecule has 2 aromatic rings. The third kappa shape index (κ3) is 5.12. The number of hydrogen-bond donors (Lipinski definition) is 0. The van der Waals surface area contributed by atoms with Gasteiger partial charge in [-0.1, -0.05) is 24.6 Å². The van der Waals surface area contributed by atoms with Gasteiger partial charge in [0.05, 0.1) is 18.2 Å². The Balaban J connectivity index is 1.41. The zero-order valence-electron chi connectivity index (χ0n) is 19.1. The maximum atomic E-state index is 13.5. The second kappa shape index (κ2) is 9.86. The lowest BCUT2D eigenvalue weighted by molar-refractivity contribution is -0.145. The van der Waals surface area contributed by atoms with Crippen molar-refractivity contribution in [2.75, 3.05) is 33.3 Å². The standard InChI is InChI=1S/C25H36N4O2/c1-3-29-20-21(18-26-29)19-28-14-12-25(13-15-28)11-7-6-9-22-8-4-5-10-23(22)31-17-16-27(2)24(25)30/h4-5,8,10,18,20H,3,6-7,9,11-17,19H2,1-2H3. The maximum absolute atomic E-state index is 13.5. The molecule has 0 aliphatic carbocycles. The number of fused-ring (bicyclic) bond motifs is 1. The molecule has 1 saturated heterocycles. The molecule has 0 atom stereocenters. The number of amides is 1. The number of piperidine rings is 1. The molecule has 6 heteroatoms. The number of likely N-dealkylation sites (N-methyl/N-ethyl adjacent to an activating group) is 1. The molecule has 1 aromatic carbocycles. The van der Waals surface area contributed by atoms with Gasteiger partial charge in [-0.25, -0.2) is 0 Å². The Labute approximate surface area is 186 Å². The summed E-state index contributed by atoms with van der Waals surface area (Å²) < 4.78 is 8.02. The molecule has 1 spiro atoms. The van der Waals surface area contributed by atoms with E-state index in [4.69, 9.17) is 4.74 Å². The number of aryl methyl sites for hydroxylation is 2. The fraction of sp³-hybridized carbons (Fsp3) is 0.600. The lowest BCUT2D eigenvalue weighted by Gasteiger charge is -2.43. The summed E-state index contributed by atoms with van der Waals surface area (Å²) in [5.74, 6) is 1.28. The molecule has 0 unspecified atom stereocenters. The van der Waals surface area contributed by atoms with E-state index in [1.165, 1.54) is 11.1 Å². The summed E-state index contributed by atoms with van der Waals surface area (Å²) in [6.07, 6.45) is 10.2. The first-order valence-corrected chi connectivity index (χ1v) is 11.8. The average molecular weight is 425 g/mol. The Morgan fingerprint density at radius 2 is 1.90 bits per heavy atom. The third-order valence-corrected chi connectivity index (χ3v) is 7.04. The summed E-state index contributed by atoms with van der Waals surface area (Å²) in [5.41, 5.74) is 2.32. The van der Waals surface area contributed by atoms with Gasteiger partial charge in [-0.2, -0.15) is 5.10 Å². The van der Waals surface area contributed by atoms with Crippen molar-refractivity contribution in [2.45, 2.75) is 58.5 Å². The van der Waals surface area contributed by atoms with Crippen LogP contribution in [-0.4, -0.2) is 58.8 Å². The van der Waals surface area contributed by atoms with Gasteiger partial charge >= 0.3 is 0 Å². The van der Waals surface area contributed by atoms with E-state index in [9.17, 15) is 4.79 Å². The highest BCUT2D eigenvalue weighted by molar-refractivity contribution is 5.82. The van der Waals surface area contributed by atoms with Crippen LogP contribution in [0.15, 0.2) is 36.7 Å². The third-order valence-electron chi connectivity index (χ3n) is 7.04. The van der Waals surface area contributed by atoms with Crippen molar-refractivity contribution in [3.8, 4) is 5.75 Å². The number of rotatable bonds is 3. The number of ether oxygens (including phenoxy) is 1. The highest BCUT2D eigenvalue weighted by Gasteiger charge is 2.42. The van der Waals surface area contributed by atoms with Crippen LogP contribution in [-0.2, 0) is 24.3 Å². The van der Waals surface area contributed by atoms with Gasteiger partial charge in [0.1, 0.15) is 12.4 Å². The molecule has 0 radical (unpaired) electrons. The van der Waals surface area contributed by atoms with Gasteiger partial charge in [-0.05, 0) is 63.7 Å². The number of para-hydroxylation sites is 1. The van der Waals surface area contributed by atoms with Crippen LogP contribution in [0.2, 0.25) is 0 Å². The Morgan fingerprint density at radius 3 is 2.68 bits per heavy atom. The van der Waals surface area contributed by atoms with Crippen LogP contribution in [0.5, 0.6) is 5.75 Å². The Bertz CT molecular complexity index is 870. The van der Waals surface area contributed by atoms with Crippen molar-refractivity contribution in [1.82, 2.24) is 19.6 Å². The van der Waals surface area contributed by atoms with Crippen LogP contribution in [0.1, 0.15) is 50.2 Å². The fourth-order valence-electron chi connectivity index (χ4n) is 5.06. The topological polar surface area (TPSA) is 50.6 Å². The quantitative estimate of drug-likeness (QED) is 0.753. The number of benzene rings is 1. The molecular formula is C25H36N4O2. The molecule has 0 saturated carbocycles. The van der Waals surface area contributed by atoms with Gasteiger partial charge in [0.2, 0.25) is 5.91 Å². The van der Waals surface area contributed by atoms with Gasteiger partial charge in [-0.15, -0.1) is 0 Å². The average Bonchev–Trinajstić information content (AvgIpc) is 3.25. The molecule has 31 heavy (non-hydrogen) atoms. The molecular weight excluding hydrogens is 388 g/mol. The molecule has 2 aliphatic heterocycles. The number of hydrogen-bond acceptors (Lipinski definition) is 4. The van der Waals surface area contributed by atoms with E-state index in [1.807, 2.05) is 35.0 Å². The minimum absolute atomic E-state index is 0.225. The van der Waals surface area contributed by atoms with Crippen molar-refractivity contribution in [3.05, 3.63) is 47.8 Å². The normalized spacial score (nSPS) is 20.6. The highest BCUT2D eigenvalue weighted by atomic mass is 16.5. The number of aromatic nitrogens is 2. The summed E-state index contributed by atoms with van der Waals surface area (Å²) >= 11 is 0. The van der Waals surface area contributed by atoms with E-state index >= 15 is 0 Å². The van der Waals surface area contributed by atoms with E-state index in [-0.39, 0.29) is 5.41 Å². The Morgan fingerprint density at radius 1 is 1.10 bits per heavy atom. The zero-order valence-corrected chi connectivity index (χ0v) is 19.1. The molecule has 3 heterocycles. The van der Waals surface area contributed by atoms with Crippen molar-refractivity contribution in [2.24, 2.45) is 5.41 Å². The summed E-state index contributed by atoms with van der Waals surface area (Å²) in [7, 11) is 1.94. The monoisotopic (exact) mass is 424 g/mol. The van der Waals surface area contributed by atoms with Crippen LogP contribution < -0.4 is 4.74 Å². The molecule has 6 nitrogen and oxygen atoms in total. The minimum atomic E-state index is -0.225. The second-order valence-electron chi connectivity index (χ2n) is 9.15. The van der Waals surface area contributed by atoms with Crippen LogP contribution in [0.25, 0.3) is 0 Å². The Hall–Kier alpha value is -2.34. The Kier molecular flexibility index (Phi) is 6.96. The number of likely N-dealkylation sites (tertiary alicyclic amines) is 1. The maximum Gasteiger partial charge on any atom is 0.228 e. The van der Waals surface area contributed by atoms with Gasteiger partial charge in [0.15, 0.2) is 0 Å². The van der Waals surface area contributed by atoms with Gasteiger partial charge in [0, 0.05) is 31.9 Å². The van der Waals surface area contributed by atoms with Gasteiger partial charge in [-0.3, -0.25) is 14.4 Å². The second-order valence-corrected chi connectivity index (χ2v) is 9.15. The summed E-state index contributed by atoms with van der Waals surface area (Å²) in [4.78, 5) is 17.9. The molecule has 1 amide bonds. The molecule has 1 fully saturated rings. The van der Waals surface area contributed by atoms with Crippen molar-refractivity contribution >= 4 is 5.91 Å². The minimum Gasteiger partial charge on any atom is -0.491 e. The number of carbonyl (C=O) groups is 1. The van der Waals surface area contributed by atoms with E-state index in [1.54, 1.807) is 0 Å². The van der Waals surface area contributed by atoms with Crippen LogP contribution in [0.4, 0.5) is 0 Å². The lowest BCUT2D eigenvalue weighted by atomic mass is 9.73. The van der Waals surface area contributed by atoms with Gasteiger partial charge in [0.25, 0.3) is 0 Å². The first kappa shape index (κ1) is 21.9. The number of carbonyl (C=O) groups excluding carboxylic acids is 1. The molecule has 2 aliphatic rings. The van der Waals surface area contributed by atoms with E-state index in [2.05, 4.69) is 35.3 Å². The van der Waals surface area contributed by atoms with E-state index in [0.717, 1.165) is 70.5 Å². The first-order chi connectivity index (χ1) is 15.1. The lowest BCUT2D eigenvalue weighted by Crippen LogP contribution is -2.50. The largest absolute Gasteiger partial charge is 0.491 e. The van der Waals surface area contributed by atoms with Crippen LogP contribution in [0, 0.1) is 5.41 Å². The zero-order chi connectivity index (χ0) is 21.7. The predicted octanol–water partition coefficient (Wildman–Crippen LogP) is 3.75. The molecule has 168 valence electrons. The highest BCUT2D eigenvalue weighted by Crippen LogP contribution is 2.39.